The van der Waals surface area contributed by atoms with Gasteiger partial charge >= 0.3 is 5.97 Å². The van der Waals surface area contributed by atoms with Gasteiger partial charge in [0.25, 0.3) is 0 Å². The molecule has 0 amide bonds. The van der Waals surface area contributed by atoms with Crippen molar-refractivity contribution in [1.82, 2.24) is 0 Å². The fourth-order valence-electron chi connectivity index (χ4n) is 1.71. The fourth-order valence-corrected chi connectivity index (χ4v) is 1.71. The van der Waals surface area contributed by atoms with Gasteiger partial charge in [0.2, 0.25) is 0 Å². The van der Waals surface area contributed by atoms with Gasteiger partial charge in [-0.15, -0.1) is 0 Å². The summed E-state index contributed by atoms with van der Waals surface area (Å²) in [5.74, 6) is -0.854. The van der Waals surface area contributed by atoms with Gasteiger partial charge in [-0.3, -0.25) is 9.59 Å². The molecule has 0 fully saturated rings. The summed E-state index contributed by atoms with van der Waals surface area (Å²) in [4.78, 5) is 22.1. The quantitative estimate of drug-likeness (QED) is 0.815. The van der Waals surface area contributed by atoms with Crippen molar-refractivity contribution in [2.45, 2.75) is 34.1 Å². The molecule has 0 spiro atoms. The average molecular weight is 234 g/mol. The molecule has 0 bridgehead atoms. The third kappa shape index (κ3) is 2.93. The van der Waals surface area contributed by atoms with Gasteiger partial charge in [0, 0.05) is 5.56 Å². The van der Waals surface area contributed by atoms with E-state index in [4.69, 9.17) is 5.11 Å². The maximum atomic E-state index is 11.1. The Morgan fingerprint density at radius 3 is 2.29 bits per heavy atom. The topological polar surface area (TPSA) is 54.4 Å². The summed E-state index contributed by atoms with van der Waals surface area (Å²) in [5.41, 5.74) is 2.65. The Labute approximate surface area is 101 Å². The van der Waals surface area contributed by atoms with Crippen LogP contribution in [0.15, 0.2) is 12.1 Å². The molecule has 1 rings (SSSR count). The molecule has 1 aromatic carbocycles. The minimum atomic E-state index is -0.862. The first-order valence-corrected chi connectivity index (χ1v) is 5.56. The smallest absolute Gasteiger partial charge is 0.309 e. The highest BCUT2D eigenvalue weighted by Gasteiger charge is 2.28. The van der Waals surface area contributed by atoms with Crippen LogP contribution in [0, 0.1) is 19.3 Å². The minimum absolute atomic E-state index is 0.359. The van der Waals surface area contributed by atoms with Crippen LogP contribution < -0.4 is 0 Å². The maximum Gasteiger partial charge on any atom is 0.309 e. The Balaban J connectivity index is 3.18. The third-order valence-electron chi connectivity index (χ3n) is 3.09. The summed E-state index contributed by atoms with van der Waals surface area (Å²) in [7, 11) is 0. The average Bonchev–Trinajstić information content (AvgIpc) is 2.22. The molecule has 0 radical (unpaired) electrons. The van der Waals surface area contributed by atoms with E-state index in [0.717, 1.165) is 23.0 Å². The van der Waals surface area contributed by atoms with E-state index in [1.165, 1.54) is 0 Å². The van der Waals surface area contributed by atoms with Crippen molar-refractivity contribution in [3.8, 4) is 0 Å². The van der Waals surface area contributed by atoms with E-state index >= 15 is 0 Å². The zero-order chi connectivity index (χ0) is 13.2. The van der Waals surface area contributed by atoms with Crippen LogP contribution in [-0.2, 0) is 11.2 Å². The first-order chi connectivity index (χ1) is 7.77. The SMILES string of the molecule is Cc1cc(C=O)c(CC(C)(C)C(=O)O)cc1C. The molecule has 0 aromatic heterocycles. The zero-order valence-electron chi connectivity index (χ0n) is 10.7. The number of hydrogen-bond donors (Lipinski definition) is 1. The molecule has 0 saturated carbocycles. The van der Waals surface area contributed by atoms with Crippen LogP contribution in [0.1, 0.15) is 40.9 Å². The van der Waals surface area contributed by atoms with Crippen LogP contribution in [0.5, 0.6) is 0 Å². The van der Waals surface area contributed by atoms with Crippen LogP contribution in [0.25, 0.3) is 0 Å². The summed E-state index contributed by atoms with van der Waals surface area (Å²) in [5, 5.41) is 9.10. The van der Waals surface area contributed by atoms with E-state index in [1.807, 2.05) is 26.0 Å². The second-order valence-corrected chi connectivity index (χ2v) is 5.12. The predicted molar refractivity (Wildman–Crippen MR) is 66.4 cm³/mol. The maximum absolute atomic E-state index is 11.1. The lowest BCUT2D eigenvalue weighted by molar-refractivity contribution is -0.146. The predicted octanol–water partition coefficient (Wildman–Crippen LogP) is 2.77. The minimum Gasteiger partial charge on any atom is -0.481 e. The highest BCUT2D eigenvalue weighted by Crippen LogP contribution is 2.25. The molecule has 1 N–H and O–H groups in total. The molecule has 3 nitrogen and oxygen atoms in total. The lowest BCUT2D eigenvalue weighted by Gasteiger charge is -2.20. The molecular formula is C14H18O3. The Kier molecular flexibility index (Phi) is 3.71. The molecule has 0 aliphatic heterocycles. The van der Waals surface area contributed by atoms with E-state index in [-0.39, 0.29) is 0 Å². The Morgan fingerprint density at radius 1 is 1.29 bits per heavy atom. The fraction of sp³-hybridized carbons (Fsp3) is 0.429. The number of aryl methyl sites for hydroxylation is 2. The molecule has 3 heteroatoms. The van der Waals surface area contributed by atoms with E-state index in [1.54, 1.807) is 13.8 Å². The van der Waals surface area contributed by atoms with Gasteiger partial charge in [0.05, 0.1) is 5.41 Å². The van der Waals surface area contributed by atoms with Gasteiger partial charge in [-0.05, 0) is 56.9 Å². The standard InChI is InChI=1S/C14H18O3/c1-9-5-11(7-14(3,4)13(16)17)12(8-15)6-10(9)2/h5-6,8H,7H2,1-4H3,(H,16,17). The van der Waals surface area contributed by atoms with Crippen LogP contribution in [0.2, 0.25) is 0 Å². The Morgan fingerprint density at radius 2 is 1.82 bits per heavy atom. The van der Waals surface area contributed by atoms with Crippen molar-refractivity contribution in [1.29, 1.82) is 0 Å². The molecule has 0 heterocycles. The number of benzene rings is 1. The first-order valence-electron chi connectivity index (χ1n) is 5.56. The molecular weight excluding hydrogens is 216 g/mol. The van der Waals surface area contributed by atoms with E-state index in [9.17, 15) is 9.59 Å². The summed E-state index contributed by atoms with van der Waals surface area (Å²) >= 11 is 0. The molecule has 0 atom stereocenters. The van der Waals surface area contributed by atoms with Crippen LogP contribution in [-0.4, -0.2) is 17.4 Å². The van der Waals surface area contributed by atoms with Crippen molar-refractivity contribution in [3.63, 3.8) is 0 Å². The lowest BCUT2D eigenvalue weighted by Crippen LogP contribution is -2.26. The van der Waals surface area contributed by atoms with Crippen molar-refractivity contribution in [3.05, 3.63) is 34.4 Å². The van der Waals surface area contributed by atoms with Gasteiger partial charge in [-0.1, -0.05) is 6.07 Å². The van der Waals surface area contributed by atoms with Crippen molar-refractivity contribution in [2.75, 3.05) is 0 Å². The van der Waals surface area contributed by atoms with E-state index in [0.29, 0.717) is 12.0 Å². The molecule has 92 valence electrons. The van der Waals surface area contributed by atoms with Gasteiger partial charge in [-0.2, -0.15) is 0 Å². The molecule has 0 unspecified atom stereocenters. The largest absolute Gasteiger partial charge is 0.481 e. The Hall–Kier alpha value is -1.64. The second kappa shape index (κ2) is 4.70. The van der Waals surface area contributed by atoms with Crippen LogP contribution >= 0.6 is 0 Å². The number of aldehydes is 1. The monoisotopic (exact) mass is 234 g/mol. The van der Waals surface area contributed by atoms with Gasteiger partial charge < -0.3 is 5.11 Å². The zero-order valence-corrected chi connectivity index (χ0v) is 10.7. The number of carboxylic acids is 1. The highest BCUT2D eigenvalue weighted by atomic mass is 16.4. The molecule has 0 saturated heterocycles. The first kappa shape index (κ1) is 13.4. The van der Waals surface area contributed by atoms with Crippen molar-refractivity contribution in [2.24, 2.45) is 5.41 Å². The lowest BCUT2D eigenvalue weighted by atomic mass is 9.83. The van der Waals surface area contributed by atoms with E-state index < -0.39 is 11.4 Å². The van der Waals surface area contributed by atoms with E-state index in [2.05, 4.69) is 0 Å². The van der Waals surface area contributed by atoms with Crippen molar-refractivity contribution >= 4 is 12.3 Å². The summed E-state index contributed by atoms with van der Waals surface area (Å²) in [6, 6.07) is 3.72. The number of rotatable bonds is 4. The van der Waals surface area contributed by atoms with Crippen LogP contribution in [0.3, 0.4) is 0 Å². The molecule has 17 heavy (non-hydrogen) atoms. The number of carbonyl (C=O) groups excluding carboxylic acids is 1. The van der Waals surface area contributed by atoms with Crippen LogP contribution in [0.4, 0.5) is 0 Å². The molecule has 1 aromatic rings. The number of hydrogen-bond acceptors (Lipinski definition) is 2. The third-order valence-corrected chi connectivity index (χ3v) is 3.09. The van der Waals surface area contributed by atoms with Gasteiger partial charge in [0.1, 0.15) is 6.29 Å². The summed E-state index contributed by atoms with van der Waals surface area (Å²) in [6.45, 7) is 7.23. The van der Waals surface area contributed by atoms with Crippen molar-refractivity contribution < 1.29 is 14.7 Å². The summed E-state index contributed by atoms with van der Waals surface area (Å²) in [6.07, 6.45) is 1.15. The number of carbonyl (C=O) groups is 2. The number of carboxylic acid groups (broad SMARTS) is 1. The highest BCUT2D eigenvalue weighted by molar-refractivity contribution is 5.79. The normalized spacial score (nSPS) is 11.3. The second-order valence-electron chi connectivity index (χ2n) is 5.12. The molecule has 0 aliphatic carbocycles. The number of aliphatic carboxylic acids is 1. The van der Waals surface area contributed by atoms with Gasteiger partial charge in [0.15, 0.2) is 0 Å². The van der Waals surface area contributed by atoms with Gasteiger partial charge in [-0.25, -0.2) is 0 Å². The Bertz CT molecular complexity index is 459. The summed E-state index contributed by atoms with van der Waals surface area (Å²) < 4.78 is 0. The molecule has 0 aliphatic rings.